The topological polar surface area (TPSA) is 47.9 Å². The Bertz CT molecular complexity index is 148. The number of fused-ring (bicyclic) bond motifs is 1. The first-order valence-electron chi connectivity index (χ1n) is 4.80. The van der Waals surface area contributed by atoms with Gasteiger partial charge in [-0.1, -0.05) is 12.8 Å². The maximum Gasteiger partial charge on any atom is 0.114 e. The summed E-state index contributed by atoms with van der Waals surface area (Å²) in [6, 6.07) is 0.334. The molecular formula is C9H18NO+. The lowest BCUT2D eigenvalue weighted by Crippen LogP contribution is -2.67. The fourth-order valence-electron chi connectivity index (χ4n) is 2.86. The summed E-state index contributed by atoms with van der Waals surface area (Å²) in [5.74, 6) is 1.56. The van der Waals surface area contributed by atoms with Crippen LogP contribution in [0.5, 0.6) is 0 Å². The van der Waals surface area contributed by atoms with E-state index in [2.05, 4.69) is 5.73 Å². The van der Waals surface area contributed by atoms with Crippen molar-refractivity contribution < 1.29 is 10.8 Å². The minimum atomic E-state index is -0.0944. The van der Waals surface area contributed by atoms with Crippen LogP contribution in [-0.2, 0) is 0 Å². The molecule has 2 heteroatoms. The van der Waals surface area contributed by atoms with E-state index < -0.39 is 0 Å². The van der Waals surface area contributed by atoms with Gasteiger partial charge in [0.05, 0.1) is 0 Å². The van der Waals surface area contributed by atoms with E-state index >= 15 is 0 Å². The molecule has 0 amide bonds. The van der Waals surface area contributed by atoms with Crippen LogP contribution < -0.4 is 5.73 Å². The number of quaternary nitrogens is 1. The highest BCUT2D eigenvalue weighted by Crippen LogP contribution is 2.40. The molecule has 4 N–H and O–H groups in total. The van der Waals surface area contributed by atoms with Gasteiger partial charge in [-0.15, -0.1) is 0 Å². The van der Waals surface area contributed by atoms with Crippen LogP contribution in [0.2, 0.25) is 0 Å². The van der Waals surface area contributed by atoms with E-state index in [9.17, 15) is 5.11 Å². The Labute approximate surface area is 67.8 Å². The molecule has 0 aromatic carbocycles. The third-order valence-electron chi connectivity index (χ3n) is 3.56. The van der Waals surface area contributed by atoms with Crippen molar-refractivity contribution in [1.29, 1.82) is 0 Å². The van der Waals surface area contributed by atoms with Crippen molar-refractivity contribution >= 4 is 0 Å². The third-order valence-corrected chi connectivity index (χ3v) is 3.56. The van der Waals surface area contributed by atoms with Gasteiger partial charge in [0, 0.05) is 5.92 Å². The van der Waals surface area contributed by atoms with Gasteiger partial charge in [0.25, 0.3) is 0 Å². The summed E-state index contributed by atoms with van der Waals surface area (Å²) >= 11 is 0. The van der Waals surface area contributed by atoms with Crippen molar-refractivity contribution in [2.75, 3.05) is 0 Å². The molecule has 64 valence electrons. The van der Waals surface area contributed by atoms with Gasteiger partial charge in [-0.25, -0.2) is 0 Å². The molecule has 0 radical (unpaired) electrons. The second kappa shape index (κ2) is 2.76. The van der Waals surface area contributed by atoms with Crippen LogP contribution in [0.25, 0.3) is 0 Å². The van der Waals surface area contributed by atoms with E-state index in [1.165, 1.54) is 25.7 Å². The van der Waals surface area contributed by atoms with Crippen LogP contribution in [0.4, 0.5) is 0 Å². The maximum absolute atomic E-state index is 9.57. The average Bonchev–Trinajstić information content (AvgIpc) is 2.30. The van der Waals surface area contributed by atoms with Gasteiger partial charge in [0.1, 0.15) is 12.1 Å². The summed E-state index contributed by atoms with van der Waals surface area (Å²) in [6.45, 7) is 0. The summed E-state index contributed by atoms with van der Waals surface area (Å²) in [6.07, 6.45) is 6.33. The Morgan fingerprint density at radius 3 is 2.64 bits per heavy atom. The lowest BCUT2D eigenvalue weighted by Gasteiger charge is -2.25. The summed E-state index contributed by atoms with van der Waals surface area (Å²) in [7, 11) is 0. The summed E-state index contributed by atoms with van der Waals surface area (Å²) < 4.78 is 0. The standard InChI is InChI=1S/C9H17NO/c10-9-7-4-2-1-3-6(7)5-8(9)11/h6-9,11H,1-5,10H2/p+1/t6-,7+,8+,9-/m1/s1. The zero-order valence-electron chi connectivity index (χ0n) is 7.00. The number of hydrogen-bond donors (Lipinski definition) is 2. The monoisotopic (exact) mass is 156 g/mol. The Balaban J connectivity index is 2.05. The molecule has 2 nitrogen and oxygen atoms in total. The summed E-state index contributed by atoms with van der Waals surface area (Å²) in [5.41, 5.74) is 4.05. The Morgan fingerprint density at radius 2 is 1.91 bits per heavy atom. The largest absolute Gasteiger partial charge is 0.387 e. The number of rotatable bonds is 0. The lowest BCUT2D eigenvalue weighted by molar-refractivity contribution is -0.444. The fourth-order valence-corrected chi connectivity index (χ4v) is 2.86. The zero-order chi connectivity index (χ0) is 7.84. The molecular weight excluding hydrogens is 138 g/mol. The second-order valence-corrected chi connectivity index (χ2v) is 4.18. The molecule has 2 fully saturated rings. The van der Waals surface area contributed by atoms with Crippen LogP contribution in [0, 0.1) is 11.8 Å². The highest BCUT2D eigenvalue weighted by atomic mass is 16.3. The fraction of sp³-hybridized carbons (Fsp3) is 1.00. The van der Waals surface area contributed by atoms with Gasteiger partial charge in [0.2, 0.25) is 0 Å². The molecule has 2 aliphatic carbocycles. The molecule has 11 heavy (non-hydrogen) atoms. The molecule has 0 saturated heterocycles. The molecule has 0 aliphatic heterocycles. The van der Waals surface area contributed by atoms with Crippen molar-refractivity contribution in [2.24, 2.45) is 11.8 Å². The zero-order valence-corrected chi connectivity index (χ0v) is 7.00. The Hall–Kier alpha value is -0.0800. The Morgan fingerprint density at radius 1 is 1.18 bits per heavy atom. The molecule has 0 unspecified atom stereocenters. The highest BCUT2D eigenvalue weighted by molar-refractivity contribution is 4.91. The van der Waals surface area contributed by atoms with Crippen molar-refractivity contribution in [1.82, 2.24) is 0 Å². The van der Waals surface area contributed by atoms with Gasteiger partial charge >= 0.3 is 0 Å². The normalized spacial score (nSPS) is 50.7. The van der Waals surface area contributed by atoms with E-state index in [4.69, 9.17) is 0 Å². The second-order valence-electron chi connectivity index (χ2n) is 4.18. The lowest BCUT2D eigenvalue weighted by atomic mass is 9.80. The van der Waals surface area contributed by atoms with Gasteiger partial charge < -0.3 is 10.8 Å². The minimum Gasteiger partial charge on any atom is -0.387 e. The number of aliphatic hydroxyl groups is 1. The predicted octanol–water partition coefficient (Wildman–Crippen LogP) is 0.168. The molecule has 0 heterocycles. The first kappa shape index (κ1) is 7.56. The SMILES string of the molecule is [NH3+][C@@H]1[C@H]2CCCC[C@@H]2C[C@@H]1O. The summed E-state index contributed by atoms with van der Waals surface area (Å²) in [5, 5.41) is 9.57. The molecule has 0 aromatic rings. The van der Waals surface area contributed by atoms with E-state index in [1.54, 1.807) is 0 Å². The molecule has 0 bridgehead atoms. The number of aliphatic hydroxyl groups excluding tert-OH is 1. The van der Waals surface area contributed by atoms with Gasteiger partial charge in [-0.2, -0.15) is 0 Å². The predicted molar refractivity (Wildman–Crippen MR) is 42.7 cm³/mol. The quantitative estimate of drug-likeness (QED) is 0.516. The molecule has 4 atom stereocenters. The van der Waals surface area contributed by atoms with E-state index in [0.717, 1.165) is 18.3 Å². The first-order chi connectivity index (χ1) is 5.29. The van der Waals surface area contributed by atoms with Gasteiger partial charge in [-0.05, 0) is 25.2 Å². The van der Waals surface area contributed by atoms with Crippen LogP contribution in [-0.4, -0.2) is 17.3 Å². The van der Waals surface area contributed by atoms with Gasteiger partial charge in [-0.3, -0.25) is 0 Å². The molecule has 2 saturated carbocycles. The van der Waals surface area contributed by atoms with Crippen molar-refractivity contribution in [3.63, 3.8) is 0 Å². The van der Waals surface area contributed by atoms with E-state index in [-0.39, 0.29) is 6.10 Å². The van der Waals surface area contributed by atoms with E-state index in [1.807, 2.05) is 0 Å². The molecule has 0 aromatic heterocycles. The van der Waals surface area contributed by atoms with Crippen LogP contribution in [0.1, 0.15) is 32.1 Å². The van der Waals surface area contributed by atoms with Crippen LogP contribution in [0.3, 0.4) is 0 Å². The first-order valence-corrected chi connectivity index (χ1v) is 4.80. The van der Waals surface area contributed by atoms with Crippen LogP contribution >= 0.6 is 0 Å². The summed E-state index contributed by atoms with van der Waals surface area (Å²) in [4.78, 5) is 0. The van der Waals surface area contributed by atoms with Crippen molar-refractivity contribution in [3.8, 4) is 0 Å². The smallest absolute Gasteiger partial charge is 0.114 e. The Kier molecular flexibility index (Phi) is 1.90. The highest BCUT2D eigenvalue weighted by Gasteiger charge is 2.43. The third kappa shape index (κ3) is 1.18. The molecule has 0 spiro atoms. The van der Waals surface area contributed by atoms with E-state index in [0.29, 0.717) is 6.04 Å². The minimum absolute atomic E-state index is 0.0944. The van der Waals surface area contributed by atoms with Crippen molar-refractivity contribution in [2.45, 2.75) is 44.2 Å². The number of hydrogen-bond acceptors (Lipinski definition) is 1. The van der Waals surface area contributed by atoms with Crippen molar-refractivity contribution in [3.05, 3.63) is 0 Å². The van der Waals surface area contributed by atoms with Crippen LogP contribution in [0.15, 0.2) is 0 Å². The molecule has 2 rings (SSSR count). The maximum atomic E-state index is 9.57. The average molecular weight is 156 g/mol. The van der Waals surface area contributed by atoms with Gasteiger partial charge in [0.15, 0.2) is 0 Å². The molecule has 2 aliphatic rings.